The van der Waals surface area contributed by atoms with Gasteiger partial charge in [-0.25, -0.2) is 8.42 Å². The third kappa shape index (κ3) is 4.91. The summed E-state index contributed by atoms with van der Waals surface area (Å²) in [5, 5.41) is 2.78. The fourth-order valence-corrected chi connectivity index (χ4v) is 4.05. The van der Waals surface area contributed by atoms with Gasteiger partial charge in [-0.1, -0.05) is 24.1 Å². The van der Waals surface area contributed by atoms with E-state index < -0.39 is 10.0 Å². The Morgan fingerprint density at radius 2 is 1.74 bits per heavy atom. The Morgan fingerprint density at radius 3 is 2.30 bits per heavy atom. The van der Waals surface area contributed by atoms with E-state index in [1.165, 1.54) is 6.08 Å². The molecule has 1 fully saturated rings. The summed E-state index contributed by atoms with van der Waals surface area (Å²) in [5.41, 5.74) is 1.81. The van der Waals surface area contributed by atoms with E-state index in [-0.39, 0.29) is 5.91 Å². The monoisotopic (exact) mass is 336 g/mol. The number of amides is 1. The zero-order valence-corrected chi connectivity index (χ0v) is 14.5. The Bertz CT molecular complexity index is 668. The molecule has 23 heavy (non-hydrogen) atoms. The molecule has 1 heterocycles. The number of carbonyl (C=O) groups excluding carboxylic acids is 1. The van der Waals surface area contributed by atoms with Crippen LogP contribution in [0.5, 0.6) is 0 Å². The molecule has 2 rings (SSSR count). The molecule has 0 bridgehead atoms. The number of benzene rings is 1. The second-order valence-electron chi connectivity index (χ2n) is 6.05. The SMILES string of the molecule is CC(C)=CC(=O)NCc1ccc(S(=O)(=O)N2CCCCC2)cc1. The smallest absolute Gasteiger partial charge is 0.244 e. The minimum Gasteiger partial charge on any atom is -0.348 e. The molecule has 6 heteroatoms. The maximum absolute atomic E-state index is 12.5. The van der Waals surface area contributed by atoms with Crippen LogP contribution in [0, 0.1) is 0 Å². The number of nitrogens with one attached hydrogen (secondary N) is 1. The Labute approximate surface area is 138 Å². The van der Waals surface area contributed by atoms with Crippen molar-refractivity contribution < 1.29 is 13.2 Å². The Balaban J connectivity index is 2.01. The summed E-state index contributed by atoms with van der Waals surface area (Å²) in [4.78, 5) is 11.9. The number of hydrogen-bond acceptors (Lipinski definition) is 3. The molecule has 1 aliphatic heterocycles. The van der Waals surface area contributed by atoms with Crippen LogP contribution >= 0.6 is 0 Å². The highest BCUT2D eigenvalue weighted by atomic mass is 32.2. The number of hydrogen-bond donors (Lipinski definition) is 1. The van der Waals surface area contributed by atoms with Gasteiger partial charge < -0.3 is 5.32 Å². The lowest BCUT2D eigenvalue weighted by atomic mass is 10.2. The van der Waals surface area contributed by atoms with Crippen LogP contribution in [-0.4, -0.2) is 31.7 Å². The average Bonchev–Trinajstić information content (AvgIpc) is 2.53. The molecule has 126 valence electrons. The van der Waals surface area contributed by atoms with Gasteiger partial charge in [0, 0.05) is 25.7 Å². The topological polar surface area (TPSA) is 66.5 Å². The van der Waals surface area contributed by atoms with Crippen molar-refractivity contribution in [1.29, 1.82) is 0 Å². The highest BCUT2D eigenvalue weighted by Crippen LogP contribution is 2.20. The molecule has 1 aromatic carbocycles. The molecule has 5 nitrogen and oxygen atoms in total. The maximum atomic E-state index is 12.5. The maximum Gasteiger partial charge on any atom is 0.244 e. The van der Waals surface area contributed by atoms with E-state index in [1.54, 1.807) is 28.6 Å². The minimum atomic E-state index is -3.39. The van der Waals surface area contributed by atoms with Crippen molar-refractivity contribution in [1.82, 2.24) is 9.62 Å². The number of carbonyl (C=O) groups is 1. The molecule has 0 atom stereocenters. The lowest BCUT2D eigenvalue weighted by molar-refractivity contribution is -0.116. The first-order valence-corrected chi connectivity index (χ1v) is 9.35. The van der Waals surface area contributed by atoms with Crippen LogP contribution in [0.15, 0.2) is 40.8 Å². The molecule has 0 aromatic heterocycles. The Morgan fingerprint density at radius 1 is 1.13 bits per heavy atom. The standard InChI is InChI=1S/C17H24N2O3S/c1-14(2)12-17(20)18-13-15-6-8-16(9-7-15)23(21,22)19-10-4-3-5-11-19/h6-9,12H,3-5,10-11,13H2,1-2H3,(H,18,20). The van der Waals surface area contributed by atoms with Crippen LogP contribution in [0.4, 0.5) is 0 Å². The van der Waals surface area contributed by atoms with Crippen molar-refractivity contribution in [3.8, 4) is 0 Å². The molecule has 0 unspecified atom stereocenters. The molecular weight excluding hydrogens is 312 g/mol. The average molecular weight is 336 g/mol. The molecular formula is C17H24N2O3S. The quantitative estimate of drug-likeness (QED) is 0.840. The molecule has 1 saturated heterocycles. The van der Waals surface area contributed by atoms with Gasteiger partial charge in [0.1, 0.15) is 0 Å². The number of nitrogens with zero attached hydrogens (tertiary/aromatic N) is 1. The molecule has 0 aliphatic carbocycles. The summed E-state index contributed by atoms with van der Waals surface area (Å²) < 4.78 is 26.6. The summed E-state index contributed by atoms with van der Waals surface area (Å²) in [6, 6.07) is 6.73. The molecule has 1 N–H and O–H groups in total. The first-order valence-electron chi connectivity index (χ1n) is 7.91. The highest BCUT2D eigenvalue weighted by Gasteiger charge is 2.25. The molecule has 0 saturated carbocycles. The number of piperidine rings is 1. The fraction of sp³-hybridized carbons (Fsp3) is 0.471. The van der Waals surface area contributed by atoms with Crippen LogP contribution in [0.2, 0.25) is 0 Å². The third-order valence-corrected chi connectivity index (χ3v) is 5.68. The van der Waals surface area contributed by atoms with E-state index in [0.29, 0.717) is 24.5 Å². The van der Waals surface area contributed by atoms with Crippen molar-refractivity contribution in [2.75, 3.05) is 13.1 Å². The van der Waals surface area contributed by atoms with Gasteiger partial charge in [0.25, 0.3) is 0 Å². The van der Waals surface area contributed by atoms with Crippen LogP contribution in [0.25, 0.3) is 0 Å². The molecule has 0 spiro atoms. The molecule has 1 amide bonds. The van der Waals surface area contributed by atoms with E-state index in [4.69, 9.17) is 0 Å². The van der Waals surface area contributed by atoms with Gasteiger partial charge in [-0.15, -0.1) is 0 Å². The van der Waals surface area contributed by atoms with E-state index in [9.17, 15) is 13.2 Å². The summed E-state index contributed by atoms with van der Waals surface area (Å²) in [7, 11) is -3.39. The third-order valence-electron chi connectivity index (χ3n) is 3.76. The van der Waals surface area contributed by atoms with E-state index in [0.717, 1.165) is 30.4 Å². The second-order valence-corrected chi connectivity index (χ2v) is 7.99. The van der Waals surface area contributed by atoms with E-state index in [2.05, 4.69) is 5.32 Å². The highest BCUT2D eigenvalue weighted by molar-refractivity contribution is 7.89. The summed E-state index contributed by atoms with van der Waals surface area (Å²) in [6.45, 7) is 5.30. The van der Waals surface area contributed by atoms with Crippen molar-refractivity contribution in [3.63, 3.8) is 0 Å². The first kappa shape index (κ1) is 17.7. The van der Waals surface area contributed by atoms with Crippen molar-refractivity contribution >= 4 is 15.9 Å². The largest absolute Gasteiger partial charge is 0.348 e. The predicted molar refractivity (Wildman–Crippen MR) is 90.3 cm³/mol. The molecule has 1 aromatic rings. The minimum absolute atomic E-state index is 0.144. The van der Waals surface area contributed by atoms with Gasteiger partial charge in [-0.05, 0) is 44.4 Å². The fourth-order valence-electron chi connectivity index (χ4n) is 2.54. The molecule has 0 radical (unpaired) electrons. The van der Waals surface area contributed by atoms with Crippen molar-refractivity contribution in [2.45, 2.75) is 44.6 Å². The number of sulfonamides is 1. The van der Waals surface area contributed by atoms with Gasteiger partial charge in [-0.2, -0.15) is 4.31 Å². The Kier molecular flexibility index (Phi) is 5.96. The van der Waals surface area contributed by atoms with Gasteiger partial charge in [0.2, 0.25) is 15.9 Å². The second kappa shape index (κ2) is 7.75. The van der Waals surface area contributed by atoms with Crippen LogP contribution in [0.1, 0.15) is 38.7 Å². The lowest BCUT2D eigenvalue weighted by Gasteiger charge is -2.25. The van der Waals surface area contributed by atoms with E-state index >= 15 is 0 Å². The van der Waals surface area contributed by atoms with Gasteiger partial charge in [0.15, 0.2) is 0 Å². The zero-order chi connectivity index (χ0) is 16.9. The van der Waals surface area contributed by atoms with Crippen molar-refractivity contribution in [2.24, 2.45) is 0 Å². The Hall–Kier alpha value is -1.66. The van der Waals surface area contributed by atoms with Crippen molar-refractivity contribution in [3.05, 3.63) is 41.5 Å². The predicted octanol–water partition coefficient (Wildman–Crippen LogP) is 2.44. The van der Waals surface area contributed by atoms with Crippen LogP contribution < -0.4 is 5.32 Å². The lowest BCUT2D eigenvalue weighted by Crippen LogP contribution is -2.35. The van der Waals surface area contributed by atoms with Crippen LogP contribution in [0.3, 0.4) is 0 Å². The van der Waals surface area contributed by atoms with Gasteiger partial charge in [0.05, 0.1) is 4.90 Å². The summed E-state index contributed by atoms with van der Waals surface area (Å²) in [5.74, 6) is -0.144. The number of allylic oxidation sites excluding steroid dienone is 1. The van der Waals surface area contributed by atoms with Gasteiger partial charge >= 0.3 is 0 Å². The van der Waals surface area contributed by atoms with Crippen LogP contribution in [-0.2, 0) is 21.4 Å². The number of rotatable bonds is 5. The first-order chi connectivity index (χ1) is 10.9. The zero-order valence-electron chi connectivity index (χ0n) is 13.7. The van der Waals surface area contributed by atoms with Gasteiger partial charge in [-0.3, -0.25) is 4.79 Å². The van der Waals surface area contributed by atoms with E-state index in [1.807, 2.05) is 13.8 Å². The normalized spacial score (nSPS) is 15.9. The summed E-state index contributed by atoms with van der Waals surface area (Å²) in [6.07, 6.45) is 4.48. The molecule has 1 aliphatic rings. The summed E-state index contributed by atoms with van der Waals surface area (Å²) >= 11 is 0.